The number of halogens is 2. The van der Waals surface area contributed by atoms with E-state index in [0.717, 1.165) is 11.1 Å². The topological polar surface area (TPSA) is 58.2 Å². The highest BCUT2D eigenvalue weighted by Gasteiger charge is 2.45. The number of rotatable bonds is 6. The van der Waals surface area contributed by atoms with Crippen molar-refractivity contribution < 1.29 is 9.59 Å². The fourth-order valence-electron chi connectivity index (χ4n) is 5.11. The molecule has 0 saturated carbocycles. The van der Waals surface area contributed by atoms with E-state index in [4.69, 9.17) is 23.2 Å². The lowest BCUT2D eigenvalue weighted by molar-refractivity contribution is -0.116. The van der Waals surface area contributed by atoms with E-state index >= 15 is 0 Å². The lowest BCUT2D eigenvalue weighted by Gasteiger charge is -2.34. The molecule has 2 unspecified atom stereocenters. The molecule has 4 nitrogen and oxygen atoms in total. The SMILES string of the molecule is CC(Cl)C(=O)Nc1ccc(C2(c3ccc(NC(=O)C(C)Cl)cc3)c3ccccc3-c3ccccc32)cc1. The smallest absolute Gasteiger partial charge is 0.242 e. The number of benzene rings is 4. The molecule has 0 saturated heterocycles. The Balaban J connectivity index is 1.68. The van der Waals surface area contributed by atoms with Crippen molar-refractivity contribution in [2.75, 3.05) is 10.6 Å². The van der Waals surface area contributed by atoms with Gasteiger partial charge in [0.1, 0.15) is 10.8 Å². The van der Waals surface area contributed by atoms with Crippen LogP contribution in [0, 0.1) is 0 Å². The van der Waals surface area contributed by atoms with Gasteiger partial charge in [-0.25, -0.2) is 0 Å². The van der Waals surface area contributed by atoms with Crippen LogP contribution < -0.4 is 10.6 Å². The summed E-state index contributed by atoms with van der Waals surface area (Å²) in [6, 6.07) is 32.8. The van der Waals surface area contributed by atoms with Crippen molar-refractivity contribution in [3.8, 4) is 11.1 Å². The standard InChI is InChI=1S/C31H26Cl2N2O2/c1-19(32)29(36)34-23-15-11-21(12-16-23)31(22-13-17-24(18-14-22)35-30(37)20(2)33)27-9-5-3-7-25(27)26-8-4-6-10-28(26)31/h3-20H,1-2H3,(H,34,36)(H,35,37). The van der Waals surface area contributed by atoms with Crippen molar-refractivity contribution in [3.05, 3.63) is 119 Å². The number of hydrogen-bond donors (Lipinski definition) is 2. The minimum atomic E-state index is -0.625. The molecule has 186 valence electrons. The van der Waals surface area contributed by atoms with Gasteiger partial charge in [0.2, 0.25) is 11.8 Å². The average molecular weight is 529 g/mol. The summed E-state index contributed by atoms with van der Waals surface area (Å²) in [6.07, 6.45) is 0. The maximum absolute atomic E-state index is 12.1. The van der Waals surface area contributed by atoms with Gasteiger partial charge < -0.3 is 10.6 Å². The predicted octanol–water partition coefficient (Wildman–Crippen LogP) is 7.18. The maximum Gasteiger partial charge on any atom is 0.242 e. The fourth-order valence-corrected chi connectivity index (χ4v) is 5.22. The number of carbonyl (C=O) groups excluding carboxylic acids is 2. The zero-order chi connectivity index (χ0) is 26.2. The highest BCUT2D eigenvalue weighted by Crippen LogP contribution is 2.56. The third kappa shape index (κ3) is 4.41. The molecular formula is C31H26Cl2N2O2. The van der Waals surface area contributed by atoms with E-state index in [-0.39, 0.29) is 11.8 Å². The average Bonchev–Trinajstić information content (AvgIpc) is 3.21. The number of carbonyl (C=O) groups is 2. The van der Waals surface area contributed by atoms with Crippen LogP contribution in [0.1, 0.15) is 36.1 Å². The van der Waals surface area contributed by atoms with Crippen molar-refractivity contribution in [3.63, 3.8) is 0 Å². The van der Waals surface area contributed by atoms with Gasteiger partial charge in [0, 0.05) is 11.4 Å². The fraction of sp³-hybridized carbons (Fsp3) is 0.161. The van der Waals surface area contributed by atoms with Crippen LogP contribution in [-0.4, -0.2) is 22.6 Å². The number of hydrogen-bond acceptors (Lipinski definition) is 2. The summed E-state index contributed by atoms with van der Waals surface area (Å²) >= 11 is 11.9. The molecule has 4 aromatic carbocycles. The molecule has 1 aliphatic carbocycles. The van der Waals surface area contributed by atoms with Gasteiger partial charge in [-0.1, -0.05) is 72.8 Å². The van der Waals surface area contributed by atoms with Crippen LogP contribution in [0.5, 0.6) is 0 Å². The minimum absolute atomic E-state index is 0.246. The van der Waals surface area contributed by atoms with Gasteiger partial charge in [0.15, 0.2) is 0 Å². The van der Waals surface area contributed by atoms with Crippen molar-refractivity contribution in [1.82, 2.24) is 0 Å². The molecule has 0 radical (unpaired) electrons. The van der Waals surface area contributed by atoms with Crippen molar-refractivity contribution >= 4 is 46.4 Å². The number of amides is 2. The van der Waals surface area contributed by atoms with Gasteiger partial charge in [-0.05, 0) is 71.5 Å². The third-order valence-electron chi connectivity index (χ3n) is 6.85. The summed E-state index contributed by atoms with van der Waals surface area (Å²) in [5.41, 5.74) is 7.62. The van der Waals surface area contributed by atoms with Crippen LogP contribution in [0.3, 0.4) is 0 Å². The first-order valence-electron chi connectivity index (χ1n) is 12.1. The molecule has 6 heteroatoms. The second-order valence-corrected chi connectivity index (χ2v) is 10.5. The Hall–Kier alpha value is -3.60. The molecule has 0 heterocycles. The van der Waals surface area contributed by atoms with E-state index in [9.17, 15) is 9.59 Å². The van der Waals surface area contributed by atoms with Crippen LogP contribution in [0.25, 0.3) is 11.1 Å². The largest absolute Gasteiger partial charge is 0.325 e. The number of fused-ring (bicyclic) bond motifs is 3. The van der Waals surface area contributed by atoms with E-state index in [1.807, 2.05) is 24.3 Å². The van der Waals surface area contributed by atoms with E-state index in [1.54, 1.807) is 13.8 Å². The van der Waals surface area contributed by atoms with Crippen molar-refractivity contribution in [2.24, 2.45) is 0 Å². The second kappa shape index (κ2) is 10.0. The zero-order valence-corrected chi connectivity index (χ0v) is 22.0. The van der Waals surface area contributed by atoms with E-state index in [2.05, 4.69) is 83.4 Å². The molecule has 37 heavy (non-hydrogen) atoms. The summed E-state index contributed by atoms with van der Waals surface area (Å²) in [7, 11) is 0. The van der Waals surface area contributed by atoms with Gasteiger partial charge in [0.05, 0.1) is 5.41 Å². The Kier molecular flexibility index (Phi) is 6.80. The quantitative estimate of drug-likeness (QED) is 0.229. The monoisotopic (exact) mass is 528 g/mol. The second-order valence-electron chi connectivity index (χ2n) is 9.21. The molecule has 2 atom stereocenters. The Bertz CT molecular complexity index is 1350. The first-order chi connectivity index (χ1) is 17.8. The molecular weight excluding hydrogens is 503 g/mol. The zero-order valence-electron chi connectivity index (χ0n) is 20.5. The van der Waals surface area contributed by atoms with E-state index in [1.165, 1.54) is 22.3 Å². The van der Waals surface area contributed by atoms with Crippen molar-refractivity contribution in [1.29, 1.82) is 0 Å². The van der Waals surface area contributed by atoms with Gasteiger partial charge in [-0.2, -0.15) is 0 Å². The van der Waals surface area contributed by atoms with Crippen molar-refractivity contribution in [2.45, 2.75) is 30.0 Å². The molecule has 2 N–H and O–H groups in total. The van der Waals surface area contributed by atoms with Crippen LogP contribution in [0.15, 0.2) is 97.1 Å². The Morgan fingerprint density at radius 1 is 0.595 bits per heavy atom. The number of anilines is 2. The Morgan fingerprint density at radius 2 is 0.946 bits per heavy atom. The number of nitrogens with one attached hydrogen (secondary N) is 2. The van der Waals surface area contributed by atoms with Gasteiger partial charge >= 0.3 is 0 Å². The van der Waals surface area contributed by atoms with Crippen LogP contribution in [0.2, 0.25) is 0 Å². The maximum atomic E-state index is 12.1. The summed E-state index contributed by atoms with van der Waals surface area (Å²) in [4.78, 5) is 24.3. The lowest BCUT2D eigenvalue weighted by atomic mass is 9.67. The predicted molar refractivity (Wildman–Crippen MR) is 152 cm³/mol. The Labute approximate surface area is 226 Å². The molecule has 0 fully saturated rings. The molecule has 0 aliphatic heterocycles. The highest BCUT2D eigenvalue weighted by molar-refractivity contribution is 6.32. The lowest BCUT2D eigenvalue weighted by Crippen LogP contribution is -2.29. The molecule has 1 aliphatic rings. The first kappa shape index (κ1) is 25.1. The van der Waals surface area contributed by atoms with Crippen LogP contribution >= 0.6 is 23.2 Å². The van der Waals surface area contributed by atoms with Gasteiger partial charge in [-0.15, -0.1) is 23.2 Å². The van der Waals surface area contributed by atoms with E-state index in [0.29, 0.717) is 11.4 Å². The van der Waals surface area contributed by atoms with Crippen LogP contribution in [-0.2, 0) is 15.0 Å². The molecule has 0 spiro atoms. The number of alkyl halides is 2. The summed E-state index contributed by atoms with van der Waals surface area (Å²) < 4.78 is 0. The van der Waals surface area contributed by atoms with Gasteiger partial charge in [-0.3, -0.25) is 9.59 Å². The summed E-state index contributed by atoms with van der Waals surface area (Å²) in [6.45, 7) is 3.29. The first-order valence-corrected chi connectivity index (χ1v) is 13.0. The molecule has 5 rings (SSSR count). The Morgan fingerprint density at radius 3 is 1.30 bits per heavy atom. The minimum Gasteiger partial charge on any atom is -0.325 e. The normalized spacial score (nSPS) is 14.7. The third-order valence-corrected chi connectivity index (χ3v) is 7.24. The molecule has 0 bridgehead atoms. The molecule has 0 aromatic heterocycles. The van der Waals surface area contributed by atoms with Crippen LogP contribution in [0.4, 0.5) is 11.4 Å². The van der Waals surface area contributed by atoms with Gasteiger partial charge in [0.25, 0.3) is 0 Å². The summed E-state index contributed by atoms with van der Waals surface area (Å²) in [5.74, 6) is -0.492. The van der Waals surface area contributed by atoms with E-state index < -0.39 is 16.2 Å². The molecule has 2 amide bonds. The summed E-state index contributed by atoms with van der Waals surface area (Å²) in [5, 5.41) is 4.48. The highest BCUT2D eigenvalue weighted by atomic mass is 35.5. The molecule has 4 aromatic rings.